The third-order valence-corrected chi connectivity index (χ3v) is 4.55. The van der Waals surface area contributed by atoms with Gasteiger partial charge in [0.05, 0.1) is 12.7 Å². The lowest BCUT2D eigenvalue weighted by molar-refractivity contribution is -0.115. The molecule has 0 unspecified atom stereocenters. The number of amides is 1. The largest absolute Gasteiger partial charge is 0.358 e. The van der Waals surface area contributed by atoms with Crippen LogP contribution in [0.2, 0.25) is 0 Å². The van der Waals surface area contributed by atoms with E-state index in [9.17, 15) is 9.18 Å². The summed E-state index contributed by atoms with van der Waals surface area (Å²) in [6, 6.07) is 12.3. The predicted octanol–water partition coefficient (Wildman–Crippen LogP) is 4.04. The highest BCUT2D eigenvalue weighted by Gasteiger charge is 2.13. The number of anilines is 1. The summed E-state index contributed by atoms with van der Waals surface area (Å²) in [6.45, 7) is 2.58. The fourth-order valence-corrected chi connectivity index (χ4v) is 3.29. The fourth-order valence-electron chi connectivity index (χ4n) is 3.29. The average Bonchev–Trinajstić information content (AvgIpc) is 3.24. The van der Waals surface area contributed by atoms with Crippen LogP contribution >= 0.6 is 0 Å². The highest BCUT2D eigenvalue weighted by atomic mass is 19.1. The summed E-state index contributed by atoms with van der Waals surface area (Å²) >= 11 is 0. The molecule has 2 aromatic carbocycles. The topological polar surface area (TPSA) is 62.7 Å². The molecule has 136 valence electrons. The molecule has 4 aromatic rings. The van der Waals surface area contributed by atoms with Crippen molar-refractivity contribution < 1.29 is 9.18 Å². The molecule has 27 heavy (non-hydrogen) atoms. The number of aryl methyl sites for hydroxylation is 1. The molecule has 2 heterocycles. The summed E-state index contributed by atoms with van der Waals surface area (Å²) in [5, 5.41) is 3.68. The van der Waals surface area contributed by atoms with Gasteiger partial charge in [-0.25, -0.2) is 9.37 Å². The number of aromatic nitrogens is 3. The van der Waals surface area contributed by atoms with E-state index in [1.54, 1.807) is 18.6 Å². The molecule has 0 fully saturated rings. The van der Waals surface area contributed by atoms with Crippen LogP contribution in [0.25, 0.3) is 10.9 Å². The molecule has 0 bridgehead atoms. The number of benzene rings is 2. The molecule has 0 aliphatic carbocycles. The highest BCUT2D eigenvalue weighted by Crippen LogP contribution is 2.24. The van der Waals surface area contributed by atoms with Gasteiger partial charge in [-0.15, -0.1) is 0 Å². The maximum Gasteiger partial charge on any atom is 0.228 e. The van der Waals surface area contributed by atoms with Gasteiger partial charge in [-0.3, -0.25) is 4.79 Å². The van der Waals surface area contributed by atoms with Crippen molar-refractivity contribution in [3.05, 3.63) is 83.8 Å². The molecule has 6 heteroatoms. The Morgan fingerprint density at radius 1 is 1.26 bits per heavy atom. The SMILES string of the molecule is Cc1[nH]c2ccc(F)cc2c1CC(=O)Nc1cccc(Cn2ccnc2)c1. The van der Waals surface area contributed by atoms with Gasteiger partial charge in [-0.05, 0) is 48.4 Å². The molecular weight excluding hydrogens is 343 g/mol. The summed E-state index contributed by atoms with van der Waals surface area (Å²) in [5.41, 5.74) is 4.33. The predicted molar refractivity (Wildman–Crippen MR) is 103 cm³/mol. The van der Waals surface area contributed by atoms with E-state index in [2.05, 4.69) is 15.3 Å². The first kappa shape index (κ1) is 17.0. The van der Waals surface area contributed by atoms with Crippen molar-refractivity contribution in [2.75, 3.05) is 5.32 Å². The Bertz CT molecular complexity index is 1100. The zero-order valence-corrected chi connectivity index (χ0v) is 14.9. The first-order chi connectivity index (χ1) is 13.1. The minimum atomic E-state index is -0.310. The number of rotatable bonds is 5. The van der Waals surface area contributed by atoms with Crippen LogP contribution in [0.3, 0.4) is 0 Å². The Hall–Kier alpha value is -3.41. The Kier molecular flexibility index (Phi) is 4.46. The minimum Gasteiger partial charge on any atom is -0.358 e. The van der Waals surface area contributed by atoms with Gasteiger partial charge in [0.2, 0.25) is 5.91 Å². The van der Waals surface area contributed by atoms with E-state index in [0.29, 0.717) is 6.54 Å². The molecule has 4 rings (SSSR count). The van der Waals surface area contributed by atoms with Crippen molar-refractivity contribution in [1.82, 2.24) is 14.5 Å². The molecule has 5 nitrogen and oxygen atoms in total. The molecule has 0 radical (unpaired) electrons. The normalized spacial score (nSPS) is 11.0. The second-order valence-electron chi connectivity index (χ2n) is 6.58. The quantitative estimate of drug-likeness (QED) is 0.563. The number of nitrogens with one attached hydrogen (secondary N) is 2. The molecule has 2 aromatic heterocycles. The number of H-pyrrole nitrogens is 1. The van der Waals surface area contributed by atoms with Gasteiger partial charge in [-0.2, -0.15) is 0 Å². The van der Waals surface area contributed by atoms with Crippen LogP contribution in [0.5, 0.6) is 0 Å². The Morgan fingerprint density at radius 2 is 2.15 bits per heavy atom. The Labute approximate surface area is 155 Å². The van der Waals surface area contributed by atoms with Gasteiger partial charge in [-0.1, -0.05) is 12.1 Å². The van der Waals surface area contributed by atoms with Crippen LogP contribution in [-0.4, -0.2) is 20.4 Å². The van der Waals surface area contributed by atoms with Crippen molar-refractivity contribution in [1.29, 1.82) is 0 Å². The van der Waals surface area contributed by atoms with Crippen molar-refractivity contribution in [3.8, 4) is 0 Å². The highest BCUT2D eigenvalue weighted by molar-refractivity contribution is 5.96. The van der Waals surface area contributed by atoms with Crippen LogP contribution in [0.1, 0.15) is 16.8 Å². The number of imidazole rings is 1. The zero-order valence-electron chi connectivity index (χ0n) is 14.9. The lowest BCUT2D eigenvalue weighted by Gasteiger charge is -2.08. The third kappa shape index (κ3) is 3.74. The average molecular weight is 362 g/mol. The van der Waals surface area contributed by atoms with Crippen LogP contribution in [0, 0.1) is 12.7 Å². The molecule has 0 spiro atoms. The number of fused-ring (bicyclic) bond motifs is 1. The summed E-state index contributed by atoms with van der Waals surface area (Å²) in [4.78, 5) is 19.8. The minimum absolute atomic E-state index is 0.136. The van der Waals surface area contributed by atoms with Gasteiger partial charge >= 0.3 is 0 Å². The molecule has 0 saturated carbocycles. The lowest BCUT2D eigenvalue weighted by atomic mass is 10.1. The number of nitrogens with zero attached hydrogens (tertiary/aromatic N) is 2. The lowest BCUT2D eigenvalue weighted by Crippen LogP contribution is -2.15. The molecule has 1 amide bonds. The van der Waals surface area contributed by atoms with E-state index in [0.717, 1.165) is 33.4 Å². The maximum atomic E-state index is 13.6. The van der Waals surface area contributed by atoms with E-state index < -0.39 is 0 Å². The van der Waals surface area contributed by atoms with E-state index in [1.165, 1.54) is 12.1 Å². The van der Waals surface area contributed by atoms with Crippen LogP contribution < -0.4 is 5.32 Å². The Balaban J connectivity index is 1.50. The van der Waals surface area contributed by atoms with Gasteiger partial charge in [0, 0.05) is 41.2 Å². The molecule has 0 aliphatic heterocycles. The monoisotopic (exact) mass is 362 g/mol. The van der Waals surface area contributed by atoms with Gasteiger partial charge < -0.3 is 14.9 Å². The smallest absolute Gasteiger partial charge is 0.228 e. The summed E-state index contributed by atoms with van der Waals surface area (Å²) < 4.78 is 15.6. The molecule has 0 saturated heterocycles. The first-order valence-corrected chi connectivity index (χ1v) is 8.70. The second-order valence-corrected chi connectivity index (χ2v) is 6.58. The van der Waals surface area contributed by atoms with Crippen molar-refractivity contribution in [2.24, 2.45) is 0 Å². The third-order valence-electron chi connectivity index (χ3n) is 4.55. The number of hydrogen-bond acceptors (Lipinski definition) is 2. The van der Waals surface area contributed by atoms with Crippen LogP contribution in [-0.2, 0) is 17.8 Å². The van der Waals surface area contributed by atoms with Crippen molar-refractivity contribution >= 4 is 22.5 Å². The van der Waals surface area contributed by atoms with Crippen LogP contribution in [0.4, 0.5) is 10.1 Å². The standard InChI is InChI=1S/C21H19FN4O/c1-14-18(19-10-16(22)5-6-20(19)24-14)11-21(27)25-17-4-2-3-15(9-17)12-26-8-7-23-13-26/h2-10,13,24H,11-12H2,1H3,(H,25,27). The number of hydrogen-bond donors (Lipinski definition) is 2. The van der Waals surface area contributed by atoms with Crippen molar-refractivity contribution in [2.45, 2.75) is 19.9 Å². The number of carbonyl (C=O) groups is 1. The summed E-state index contributed by atoms with van der Waals surface area (Å²) in [6.07, 6.45) is 5.56. The van der Waals surface area contributed by atoms with Gasteiger partial charge in [0.25, 0.3) is 0 Å². The van der Waals surface area contributed by atoms with E-state index in [-0.39, 0.29) is 18.1 Å². The summed E-state index contributed by atoms with van der Waals surface area (Å²) in [5.74, 6) is -0.446. The summed E-state index contributed by atoms with van der Waals surface area (Å²) in [7, 11) is 0. The number of carbonyl (C=O) groups excluding carboxylic acids is 1. The molecule has 0 aliphatic rings. The zero-order chi connectivity index (χ0) is 18.8. The maximum absolute atomic E-state index is 13.6. The van der Waals surface area contributed by atoms with E-state index in [1.807, 2.05) is 42.0 Å². The molecule has 0 atom stereocenters. The fraction of sp³-hybridized carbons (Fsp3) is 0.143. The molecule has 2 N–H and O–H groups in total. The van der Waals surface area contributed by atoms with Gasteiger partial charge in [0.1, 0.15) is 5.82 Å². The number of halogens is 1. The Morgan fingerprint density at radius 3 is 2.96 bits per heavy atom. The van der Waals surface area contributed by atoms with Gasteiger partial charge in [0.15, 0.2) is 0 Å². The van der Waals surface area contributed by atoms with Crippen molar-refractivity contribution in [3.63, 3.8) is 0 Å². The van der Waals surface area contributed by atoms with E-state index in [4.69, 9.17) is 0 Å². The van der Waals surface area contributed by atoms with Crippen LogP contribution in [0.15, 0.2) is 61.2 Å². The number of aromatic amines is 1. The first-order valence-electron chi connectivity index (χ1n) is 8.70. The molecular formula is C21H19FN4O. The van der Waals surface area contributed by atoms with E-state index >= 15 is 0 Å². The second kappa shape index (κ2) is 7.07.